The van der Waals surface area contributed by atoms with Gasteiger partial charge in [-0.1, -0.05) is 6.07 Å². The topological polar surface area (TPSA) is 67.2 Å². The van der Waals surface area contributed by atoms with Gasteiger partial charge in [-0.15, -0.1) is 11.3 Å². The number of amides is 2. The van der Waals surface area contributed by atoms with Crippen molar-refractivity contribution >= 4 is 29.0 Å². The second kappa shape index (κ2) is 6.31. The van der Waals surface area contributed by atoms with Crippen LogP contribution in [0.15, 0.2) is 29.8 Å². The summed E-state index contributed by atoms with van der Waals surface area (Å²) in [5.41, 5.74) is 0. The fourth-order valence-electron chi connectivity index (χ4n) is 2.64. The normalized spacial score (nSPS) is 18.2. The van der Waals surface area contributed by atoms with Crippen LogP contribution in [0, 0.1) is 5.92 Å². The van der Waals surface area contributed by atoms with E-state index in [4.69, 9.17) is 0 Å². The standard InChI is InChI=1S/C15H18N4O2S/c1-18-8-6-13(17-18)16-14(20)11-4-2-7-19(10-11)15(21)12-5-3-9-22-12/h3,5-6,8-9,11H,2,4,7,10H2,1H3,(H,16,17,20)/t11-/m0/s1. The van der Waals surface area contributed by atoms with Gasteiger partial charge in [0.05, 0.1) is 10.8 Å². The maximum Gasteiger partial charge on any atom is 0.263 e. The lowest BCUT2D eigenvalue weighted by Crippen LogP contribution is -2.43. The quantitative estimate of drug-likeness (QED) is 0.941. The van der Waals surface area contributed by atoms with E-state index in [0.29, 0.717) is 18.9 Å². The van der Waals surface area contributed by atoms with E-state index in [9.17, 15) is 9.59 Å². The number of carbonyl (C=O) groups is 2. The molecular formula is C15H18N4O2S. The Morgan fingerprint density at radius 3 is 2.95 bits per heavy atom. The van der Waals surface area contributed by atoms with Gasteiger partial charge in [0.15, 0.2) is 5.82 Å². The second-order valence-corrected chi connectivity index (χ2v) is 6.38. The van der Waals surface area contributed by atoms with Crippen LogP contribution in [0.3, 0.4) is 0 Å². The van der Waals surface area contributed by atoms with Gasteiger partial charge in [-0.2, -0.15) is 5.10 Å². The van der Waals surface area contributed by atoms with Crippen molar-refractivity contribution in [1.82, 2.24) is 14.7 Å². The van der Waals surface area contributed by atoms with E-state index in [1.54, 1.807) is 28.9 Å². The number of thiophene rings is 1. The maximum absolute atomic E-state index is 12.4. The highest BCUT2D eigenvalue weighted by Crippen LogP contribution is 2.21. The van der Waals surface area contributed by atoms with Crippen LogP contribution < -0.4 is 5.32 Å². The summed E-state index contributed by atoms with van der Waals surface area (Å²) < 4.78 is 1.64. The van der Waals surface area contributed by atoms with Gasteiger partial charge in [-0.3, -0.25) is 14.3 Å². The fraction of sp³-hybridized carbons (Fsp3) is 0.400. The van der Waals surface area contributed by atoms with E-state index in [2.05, 4.69) is 10.4 Å². The van der Waals surface area contributed by atoms with E-state index >= 15 is 0 Å². The van der Waals surface area contributed by atoms with Gasteiger partial charge in [0.1, 0.15) is 0 Å². The summed E-state index contributed by atoms with van der Waals surface area (Å²) in [6.07, 6.45) is 3.42. The van der Waals surface area contributed by atoms with Gasteiger partial charge in [0, 0.05) is 32.4 Å². The van der Waals surface area contributed by atoms with Crippen molar-refractivity contribution < 1.29 is 9.59 Å². The summed E-state index contributed by atoms with van der Waals surface area (Å²) in [6.45, 7) is 1.18. The van der Waals surface area contributed by atoms with Crippen LogP contribution in [0.25, 0.3) is 0 Å². The minimum absolute atomic E-state index is 0.0188. The van der Waals surface area contributed by atoms with Crippen LogP contribution in [0.4, 0.5) is 5.82 Å². The van der Waals surface area contributed by atoms with Crippen molar-refractivity contribution in [3.63, 3.8) is 0 Å². The predicted molar refractivity (Wildman–Crippen MR) is 84.8 cm³/mol. The minimum Gasteiger partial charge on any atom is -0.337 e. The van der Waals surface area contributed by atoms with E-state index in [0.717, 1.165) is 17.7 Å². The minimum atomic E-state index is -0.181. The first kappa shape index (κ1) is 14.8. The van der Waals surface area contributed by atoms with Crippen molar-refractivity contribution in [2.45, 2.75) is 12.8 Å². The smallest absolute Gasteiger partial charge is 0.263 e. The maximum atomic E-state index is 12.4. The molecule has 0 bridgehead atoms. The molecule has 2 amide bonds. The molecular weight excluding hydrogens is 300 g/mol. The number of likely N-dealkylation sites (tertiary alicyclic amines) is 1. The lowest BCUT2D eigenvalue weighted by molar-refractivity contribution is -0.121. The molecule has 1 N–H and O–H groups in total. The van der Waals surface area contributed by atoms with E-state index < -0.39 is 0 Å². The van der Waals surface area contributed by atoms with Crippen LogP contribution >= 0.6 is 11.3 Å². The summed E-state index contributed by atoms with van der Waals surface area (Å²) in [7, 11) is 1.80. The molecule has 7 heteroatoms. The number of nitrogens with one attached hydrogen (secondary N) is 1. The number of carbonyl (C=O) groups excluding carboxylic acids is 2. The number of hydrogen-bond acceptors (Lipinski definition) is 4. The third-order valence-corrected chi connectivity index (χ3v) is 4.63. The fourth-order valence-corrected chi connectivity index (χ4v) is 3.33. The Morgan fingerprint density at radius 1 is 1.41 bits per heavy atom. The molecule has 1 fully saturated rings. The average Bonchev–Trinajstić information content (AvgIpc) is 3.18. The second-order valence-electron chi connectivity index (χ2n) is 5.43. The summed E-state index contributed by atoms with van der Waals surface area (Å²) in [5.74, 6) is 0.321. The Morgan fingerprint density at radius 2 is 2.27 bits per heavy atom. The van der Waals surface area contributed by atoms with Gasteiger partial charge in [-0.05, 0) is 24.3 Å². The zero-order chi connectivity index (χ0) is 15.5. The lowest BCUT2D eigenvalue weighted by atomic mass is 9.97. The van der Waals surface area contributed by atoms with Gasteiger partial charge < -0.3 is 10.2 Å². The van der Waals surface area contributed by atoms with Crippen LogP contribution in [-0.2, 0) is 11.8 Å². The number of hydrogen-bond donors (Lipinski definition) is 1. The average molecular weight is 318 g/mol. The lowest BCUT2D eigenvalue weighted by Gasteiger charge is -2.31. The first-order chi connectivity index (χ1) is 10.6. The molecule has 0 spiro atoms. The Balaban J connectivity index is 1.62. The number of aryl methyl sites for hydroxylation is 1. The number of nitrogens with zero attached hydrogens (tertiary/aromatic N) is 3. The molecule has 3 heterocycles. The third kappa shape index (κ3) is 3.19. The van der Waals surface area contributed by atoms with Crippen LogP contribution in [0.2, 0.25) is 0 Å². The molecule has 116 valence electrons. The molecule has 0 radical (unpaired) electrons. The number of piperidine rings is 1. The van der Waals surface area contributed by atoms with Crippen molar-refractivity contribution in [2.24, 2.45) is 13.0 Å². The van der Waals surface area contributed by atoms with Crippen molar-refractivity contribution in [3.8, 4) is 0 Å². The Bertz CT molecular complexity index is 665. The number of rotatable bonds is 3. The Kier molecular flexibility index (Phi) is 4.24. The first-order valence-corrected chi connectivity index (χ1v) is 8.15. The molecule has 22 heavy (non-hydrogen) atoms. The van der Waals surface area contributed by atoms with Gasteiger partial charge in [0.2, 0.25) is 5.91 Å². The molecule has 2 aromatic rings. The van der Waals surface area contributed by atoms with Crippen LogP contribution in [0.5, 0.6) is 0 Å². The molecule has 1 atom stereocenters. The largest absolute Gasteiger partial charge is 0.337 e. The van der Waals surface area contributed by atoms with Crippen LogP contribution in [-0.4, -0.2) is 39.6 Å². The first-order valence-electron chi connectivity index (χ1n) is 7.27. The summed E-state index contributed by atoms with van der Waals surface area (Å²) in [6, 6.07) is 5.45. The molecule has 1 saturated heterocycles. The highest BCUT2D eigenvalue weighted by Gasteiger charge is 2.29. The van der Waals surface area contributed by atoms with Crippen LogP contribution in [0.1, 0.15) is 22.5 Å². The molecule has 0 aliphatic carbocycles. The molecule has 1 aliphatic rings. The van der Waals surface area contributed by atoms with Gasteiger partial charge in [-0.25, -0.2) is 0 Å². The molecule has 0 unspecified atom stereocenters. The van der Waals surface area contributed by atoms with Crippen molar-refractivity contribution in [3.05, 3.63) is 34.7 Å². The third-order valence-electron chi connectivity index (χ3n) is 3.78. The van der Waals surface area contributed by atoms with Crippen molar-refractivity contribution in [2.75, 3.05) is 18.4 Å². The van der Waals surface area contributed by atoms with E-state index in [1.165, 1.54) is 11.3 Å². The molecule has 1 aliphatic heterocycles. The van der Waals surface area contributed by atoms with Crippen molar-refractivity contribution in [1.29, 1.82) is 0 Å². The zero-order valence-electron chi connectivity index (χ0n) is 12.4. The monoisotopic (exact) mass is 318 g/mol. The highest BCUT2D eigenvalue weighted by atomic mass is 32.1. The highest BCUT2D eigenvalue weighted by molar-refractivity contribution is 7.12. The summed E-state index contributed by atoms with van der Waals surface area (Å²) in [4.78, 5) is 27.2. The summed E-state index contributed by atoms with van der Waals surface area (Å²) in [5, 5.41) is 8.86. The zero-order valence-corrected chi connectivity index (χ0v) is 13.2. The Labute approximate surface area is 132 Å². The molecule has 6 nitrogen and oxygen atoms in total. The SMILES string of the molecule is Cn1ccc(NC(=O)[C@H]2CCCN(C(=O)c3cccs3)C2)n1. The number of aromatic nitrogens is 2. The summed E-state index contributed by atoms with van der Waals surface area (Å²) >= 11 is 1.44. The predicted octanol–water partition coefficient (Wildman–Crippen LogP) is 1.97. The number of anilines is 1. The molecule has 2 aromatic heterocycles. The van der Waals surface area contributed by atoms with Gasteiger partial charge >= 0.3 is 0 Å². The molecule has 0 aromatic carbocycles. The van der Waals surface area contributed by atoms with E-state index in [1.807, 2.05) is 17.5 Å². The van der Waals surface area contributed by atoms with E-state index in [-0.39, 0.29) is 17.7 Å². The molecule has 3 rings (SSSR count). The van der Waals surface area contributed by atoms with Gasteiger partial charge in [0.25, 0.3) is 5.91 Å². The molecule has 0 saturated carbocycles. The Hall–Kier alpha value is -2.15.